The number of fused-ring (bicyclic) bond motifs is 11. The lowest BCUT2D eigenvalue weighted by molar-refractivity contribution is 0.345. The fourth-order valence-electron chi connectivity index (χ4n) is 10.0. The number of rotatable bonds is 4. The van der Waals surface area contributed by atoms with E-state index in [0.717, 1.165) is 46.0 Å². The molecule has 1 atom stereocenters. The first-order valence-corrected chi connectivity index (χ1v) is 20.1. The van der Waals surface area contributed by atoms with Crippen molar-refractivity contribution in [3.63, 3.8) is 0 Å². The van der Waals surface area contributed by atoms with E-state index < -0.39 is 5.41 Å². The minimum absolute atomic E-state index is 0.0473. The number of hydrogen-bond acceptors (Lipinski definition) is 3. The smallest absolute Gasteiger partial charge is 0.160 e. The van der Waals surface area contributed by atoms with Crippen molar-refractivity contribution in [1.82, 2.24) is 9.97 Å². The Morgan fingerprint density at radius 2 is 1.12 bits per heavy atom. The van der Waals surface area contributed by atoms with E-state index in [1.165, 1.54) is 60.5 Å². The molecule has 0 N–H and O–H groups in total. The van der Waals surface area contributed by atoms with Crippen LogP contribution in [0.25, 0.3) is 66.6 Å². The molecule has 9 aromatic rings. The molecule has 272 valence electrons. The molecule has 2 aliphatic carbocycles. The van der Waals surface area contributed by atoms with Crippen LogP contribution in [0, 0.1) is 0 Å². The Labute approximate surface area is 337 Å². The molecular formula is C55H36N2O. The molecule has 1 aliphatic heterocycles. The average molecular weight is 741 g/mol. The van der Waals surface area contributed by atoms with E-state index >= 15 is 0 Å². The summed E-state index contributed by atoms with van der Waals surface area (Å²) in [6, 6.07) is 67.4. The van der Waals surface area contributed by atoms with Crippen LogP contribution in [0.1, 0.15) is 34.6 Å². The summed E-state index contributed by atoms with van der Waals surface area (Å²) in [6.45, 7) is 0. The molecule has 1 aromatic heterocycles. The first-order chi connectivity index (χ1) is 28.8. The summed E-state index contributed by atoms with van der Waals surface area (Å²) in [5, 5.41) is 4.91. The number of aromatic nitrogens is 2. The molecule has 3 nitrogen and oxygen atoms in total. The van der Waals surface area contributed by atoms with Crippen molar-refractivity contribution in [2.75, 3.05) is 0 Å². The number of para-hydroxylation sites is 1. The van der Waals surface area contributed by atoms with Crippen LogP contribution in [0.5, 0.6) is 5.75 Å². The van der Waals surface area contributed by atoms with Gasteiger partial charge in [-0.15, -0.1) is 0 Å². The van der Waals surface area contributed by atoms with Gasteiger partial charge in [0.2, 0.25) is 0 Å². The highest BCUT2D eigenvalue weighted by molar-refractivity contribution is 6.08. The quantitative estimate of drug-likeness (QED) is 0.169. The molecule has 3 aliphatic rings. The molecule has 0 saturated carbocycles. The lowest BCUT2D eigenvalue weighted by Gasteiger charge is -2.43. The number of nitrogens with zero attached hydrogens (tertiary/aromatic N) is 2. The molecule has 0 bridgehead atoms. The zero-order valence-corrected chi connectivity index (χ0v) is 31.6. The molecule has 0 fully saturated rings. The Balaban J connectivity index is 1.06. The maximum Gasteiger partial charge on any atom is 0.160 e. The molecule has 0 radical (unpaired) electrons. The van der Waals surface area contributed by atoms with Gasteiger partial charge < -0.3 is 4.74 Å². The standard InChI is InChI=1S/C55H36N2O/c1-2-16-36(17-3-1)54-56-50(38-31-32-40-37(33-38)30-29-35-15-4-5-18-39(35)40)34-51(57-54)44-22-7-6-19-41(44)45-23-14-27-49-53(45)58-52-28-13-12-26-48(52)55(49)46-24-10-8-20-42(46)43-21-9-11-25-47(43)55/h1-22,24-34,45H,23H2. The highest BCUT2D eigenvalue weighted by Gasteiger charge is 2.52. The van der Waals surface area contributed by atoms with E-state index in [1.807, 2.05) is 6.07 Å². The molecule has 3 heteroatoms. The van der Waals surface area contributed by atoms with E-state index in [2.05, 4.69) is 194 Å². The summed E-state index contributed by atoms with van der Waals surface area (Å²) in [4.78, 5) is 10.6. The summed E-state index contributed by atoms with van der Waals surface area (Å²) in [5.74, 6) is 2.56. The van der Waals surface area contributed by atoms with E-state index in [-0.39, 0.29) is 5.92 Å². The highest BCUT2D eigenvalue weighted by atomic mass is 16.5. The molecule has 1 spiro atoms. The Bertz CT molecular complexity index is 3150. The SMILES string of the molecule is C1=CC2=C(Oc3ccccc3C23c2ccccc2-c2ccccc23)C(c2ccccc2-c2cc(-c3ccc4c(ccc5ccccc54)c3)nc(-c3ccccc3)n2)C1. The molecule has 0 saturated heterocycles. The fraction of sp³-hybridized carbons (Fsp3) is 0.0545. The number of allylic oxidation sites excluding steroid dienone is 4. The maximum absolute atomic E-state index is 7.16. The van der Waals surface area contributed by atoms with Gasteiger partial charge in [0.05, 0.1) is 16.8 Å². The number of benzene rings is 8. The number of ether oxygens (including phenoxy) is 1. The average Bonchev–Trinajstić information content (AvgIpc) is 3.59. The monoisotopic (exact) mass is 740 g/mol. The van der Waals surface area contributed by atoms with Crippen molar-refractivity contribution in [2.45, 2.75) is 17.8 Å². The van der Waals surface area contributed by atoms with Crippen LogP contribution in [0.4, 0.5) is 0 Å². The lowest BCUT2D eigenvalue weighted by atomic mass is 9.63. The first-order valence-electron chi connectivity index (χ1n) is 20.1. The van der Waals surface area contributed by atoms with Gasteiger partial charge in [-0.2, -0.15) is 0 Å². The minimum Gasteiger partial charge on any atom is -0.460 e. The van der Waals surface area contributed by atoms with Crippen LogP contribution >= 0.6 is 0 Å². The van der Waals surface area contributed by atoms with Crippen LogP contribution in [0.3, 0.4) is 0 Å². The molecule has 1 unspecified atom stereocenters. The van der Waals surface area contributed by atoms with Gasteiger partial charge in [-0.25, -0.2) is 9.97 Å². The summed E-state index contributed by atoms with van der Waals surface area (Å²) in [7, 11) is 0. The second-order valence-electron chi connectivity index (χ2n) is 15.5. The van der Waals surface area contributed by atoms with Crippen LogP contribution in [0.2, 0.25) is 0 Å². The lowest BCUT2D eigenvalue weighted by Crippen LogP contribution is -2.36. The predicted octanol–water partition coefficient (Wildman–Crippen LogP) is 13.5. The third kappa shape index (κ3) is 4.80. The maximum atomic E-state index is 7.16. The molecular weight excluding hydrogens is 705 g/mol. The molecule has 0 amide bonds. The largest absolute Gasteiger partial charge is 0.460 e. The van der Waals surface area contributed by atoms with Gasteiger partial charge in [-0.3, -0.25) is 0 Å². The molecule has 58 heavy (non-hydrogen) atoms. The summed E-state index contributed by atoms with van der Waals surface area (Å²) in [5.41, 5.74) is 13.1. The number of hydrogen-bond donors (Lipinski definition) is 0. The zero-order chi connectivity index (χ0) is 38.2. The highest BCUT2D eigenvalue weighted by Crippen LogP contribution is 2.62. The van der Waals surface area contributed by atoms with Gasteiger partial charge in [-0.05, 0) is 74.0 Å². The van der Waals surface area contributed by atoms with Crippen LogP contribution < -0.4 is 4.74 Å². The van der Waals surface area contributed by atoms with Gasteiger partial charge >= 0.3 is 0 Å². The van der Waals surface area contributed by atoms with Gasteiger partial charge in [-0.1, -0.05) is 182 Å². The molecule has 12 rings (SSSR count). The van der Waals surface area contributed by atoms with Crippen LogP contribution in [-0.4, -0.2) is 9.97 Å². The summed E-state index contributed by atoms with van der Waals surface area (Å²) < 4.78 is 7.16. The Kier molecular flexibility index (Phi) is 7.27. The third-order valence-corrected chi connectivity index (χ3v) is 12.5. The minimum atomic E-state index is -0.508. The Morgan fingerprint density at radius 1 is 0.483 bits per heavy atom. The van der Waals surface area contributed by atoms with E-state index in [9.17, 15) is 0 Å². The van der Waals surface area contributed by atoms with Crippen LogP contribution in [-0.2, 0) is 5.41 Å². The van der Waals surface area contributed by atoms with Crippen molar-refractivity contribution in [1.29, 1.82) is 0 Å². The van der Waals surface area contributed by atoms with Gasteiger partial charge in [0, 0.05) is 33.7 Å². The third-order valence-electron chi connectivity index (χ3n) is 12.5. The van der Waals surface area contributed by atoms with Crippen molar-refractivity contribution >= 4 is 21.5 Å². The van der Waals surface area contributed by atoms with Crippen molar-refractivity contribution in [3.8, 4) is 50.8 Å². The summed E-state index contributed by atoms with van der Waals surface area (Å²) in [6.07, 6.45) is 5.49. The first kappa shape index (κ1) is 32.8. The topological polar surface area (TPSA) is 35.0 Å². The van der Waals surface area contributed by atoms with E-state index in [4.69, 9.17) is 14.7 Å². The van der Waals surface area contributed by atoms with Gasteiger partial charge in [0.1, 0.15) is 11.5 Å². The Hall–Kier alpha value is -7.36. The van der Waals surface area contributed by atoms with E-state index in [1.54, 1.807) is 0 Å². The Morgan fingerprint density at radius 3 is 1.95 bits per heavy atom. The molecule has 8 aromatic carbocycles. The van der Waals surface area contributed by atoms with Gasteiger partial charge in [0.15, 0.2) is 5.82 Å². The van der Waals surface area contributed by atoms with Crippen molar-refractivity contribution < 1.29 is 4.74 Å². The van der Waals surface area contributed by atoms with Gasteiger partial charge in [0.25, 0.3) is 0 Å². The fourth-order valence-corrected chi connectivity index (χ4v) is 10.0. The summed E-state index contributed by atoms with van der Waals surface area (Å²) >= 11 is 0. The van der Waals surface area contributed by atoms with Crippen molar-refractivity contribution in [2.24, 2.45) is 0 Å². The predicted molar refractivity (Wildman–Crippen MR) is 236 cm³/mol. The second-order valence-corrected chi connectivity index (χ2v) is 15.5. The second kappa shape index (κ2) is 12.8. The van der Waals surface area contributed by atoms with Crippen molar-refractivity contribution in [3.05, 3.63) is 234 Å². The normalized spacial score (nSPS) is 15.8. The van der Waals surface area contributed by atoms with E-state index in [0.29, 0.717) is 5.82 Å². The zero-order valence-electron chi connectivity index (χ0n) is 31.6. The van der Waals surface area contributed by atoms with Crippen LogP contribution in [0.15, 0.2) is 212 Å². The molecule has 2 heterocycles.